The monoisotopic (exact) mass is 464 g/mol. The molecule has 2 heterocycles. The van der Waals surface area contributed by atoms with E-state index in [1.807, 2.05) is 43.3 Å². The van der Waals surface area contributed by atoms with Gasteiger partial charge in [-0.15, -0.1) is 0 Å². The normalized spacial score (nSPS) is 25.7. The molecule has 6 heteroatoms. The van der Waals surface area contributed by atoms with Crippen molar-refractivity contribution >= 4 is 16.7 Å². The third-order valence-electron chi connectivity index (χ3n) is 8.35. The van der Waals surface area contributed by atoms with E-state index < -0.39 is 5.41 Å². The highest BCUT2D eigenvalue weighted by molar-refractivity contribution is 6.00. The minimum Gasteiger partial charge on any atom is -0.477 e. The van der Waals surface area contributed by atoms with Crippen LogP contribution in [0.3, 0.4) is 0 Å². The van der Waals surface area contributed by atoms with Gasteiger partial charge in [-0.05, 0) is 49.7 Å². The number of ether oxygens (including phenoxy) is 1. The lowest BCUT2D eigenvalue weighted by atomic mass is 9.58. The summed E-state index contributed by atoms with van der Waals surface area (Å²) in [5.41, 5.74) is 3.40. The summed E-state index contributed by atoms with van der Waals surface area (Å²) in [5.74, 6) is 1.65. The predicted octanol–water partition coefficient (Wildman–Crippen LogP) is 5.71. The molecule has 6 nitrogen and oxygen atoms in total. The number of rotatable bonds is 4. The molecule has 0 amide bonds. The zero-order chi connectivity index (χ0) is 24.2. The summed E-state index contributed by atoms with van der Waals surface area (Å²) in [6.07, 6.45) is 8.93. The zero-order valence-corrected chi connectivity index (χ0v) is 20.1. The molecule has 0 saturated heterocycles. The first kappa shape index (κ1) is 21.9. The van der Waals surface area contributed by atoms with Crippen molar-refractivity contribution < 1.29 is 9.53 Å². The molecule has 2 aromatic heterocycles. The molecule has 3 aromatic rings. The van der Waals surface area contributed by atoms with E-state index in [-0.39, 0.29) is 23.3 Å². The summed E-state index contributed by atoms with van der Waals surface area (Å²) < 4.78 is 6.39. The lowest BCUT2D eigenvalue weighted by Gasteiger charge is -2.45. The van der Waals surface area contributed by atoms with Crippen molar-refractivity contribution in [2.45, 2.75) is 51.4 Å². The molecule has 3 atom stereocenters. The number of nitrogens with zero attached hydrogens (tertiary/aromatic N) is 4. The summed E-state index contributed by atoms with van der Waals surface area (Å²) in [5, 5.41) is 0.988. The van der Waals surface area contributed by atoms with Crippen LogP contribution in [-0.2, 0) is 16.6 Å². The second-order valence-corrected chi connectivity index (χ2v) is 10.4. The van der Waals surface area contributed by atoms with Crippen LogP contribution in [0.4, 0.5) is 0 Å². The molecule has 0 unspecified atom stereocenters. The molecule has 3 aliphatic rings. The lowest BCUT2D eigenvalue weighted by Crippen LogP contribution is -2.46. The minimum absolute atomic E-state index is 0.0539. The van der Waals surface area contributed by atoms with E-state index in [0.29, 0.717) is 24.2 Å². The Morgan fingerprint density at radius 1 is 1.17 bits per heavy atom. The second kappa shape index (κ2) is 8.27. The lowest BCUT2D eigenvalue weighted by molar-refractivity contribution is -0.121. The van der Waals surface area contributed by atoms with E-state index in [9.17, 15) is 4.79 Å². The highest BCUT2D eigenvalue weighted by Crippen LogP contribution is 2.51. The molecule has 0 spiro atoms. The van der Waals surface area contributed by atoms with Crippen LogP contribution in [0.5, 0.6) is 5.88 Å². The summed E-state index contributed by atoms with van der Waals surface area (Å²) in [7, 11) is 0. The van der Waals surface area contributed by atoms with Gasteiger partial charge in [0.1, 0.15) is 0 Å². The van der Waals surface area contributed by atoms with Crippen molar-refractivity contribution in [3.05, 3.63) is 71.0 Å². The molecule has 1 saturated carbocycles. The van der Waals surface area contributed by atoms with Crippen molar-refractivity contribution in [1.29, 1.82) is 0 Å². The van der Waals surface area contributed by atoms with Crippen molar-refractivity contribution in [2.75, 3.05) is 6.61 Å². The Hall–Kier alpha value is -3.59. The van der Waals surface area contributed by atoms with Gasteiger partial charge in [0.25, 0.3) is 0 Å². The van der Waals surface area contributed by atoms with Gasteiger partial charge in [-0.25, -0.2) is 9.83 Å². The second-order valence-electron chi connectivity index (χ2n) is 10.4. The Morgan fingerprint density at radius 3 is 2.77 bits per heavy atom. The van der Waals surface area contributed by atoms with Gasteiger partial charge in [-0.2, -0.15) is 4.98 Å². The summed E-state index contributed by atoms with van der Waals surface area (Å²) in [6.45, 7) is 12.4. The molecular weight excluding hydrogens is 436 g/mol. The Labute approximate surface area is 205 Å². The maximum absolute atomic E-state index is 12.8. The molecule has 0 bridgehead atoms. The van der Waals surface area contributed by atoms with E-state index in [0.717, 1.165) is 40.6 Å². The van der Waals surface area contributed by atoms with Crippen LogP contribution in [0.2, 0.25) is 0 Å². The Balaban J connectivity index is 1.56. The topological polar surface area (TPSA) is 69.3 Å². The highest BCUT2D eigenvalue weighted by Gasteiger charge is 2.49. The van der Waals surface area contributed by atoms with Gasteiger partial charge in [0.05, 0.1) is 24.4 Å². The molecule has 176 valence electrons. The molecule has 0 radical (unpaired) electrons. The number of para-hydroxylation sites is 1. The largest absolute Gasteiger partial charge is 0.477 e. The fraction of sp³-hybridized carbons (Fsp3) is 0.414. The number of carbonyl (C=O) groups is 1. The zero-order valence-electron chi connectivity index (χ0n) is 20.1. The number of hydrogen-bond acceptors (Lipinski definition) is 5. The number of benzene rings is 1. The van der Waals surface area contributed by atoms with Crippen LogP contribution in [0, 0.1) is 24.3 Å². The van der Waals surface area contributed by atoms with Gasteiger partial charge < -0.3 is 9.53 Å². The van der Waals surface area contributed by atoms with Crippen molar-refractivity contribution in [3.8, 4) is 17.3 Å². The number of Topliss-reactive ketones (excluding diaryl/α,β-unsaturated/α-hetero) is 1. The van der Waals surface area contributed by atoms with E-state index in [4.69, 9.17) is 21.3 Å². The minimum atomic E-state index is -0.532. The molecule has 0 N–H and O–H groups in total. The molecule has 6 rings (SSSR count). The maximum Gasteiger partial charge on any atom is 0.226 e. The highest BCUT2D eigenvalue weighted by atomic mass is 16.5. The average molecular weight is 465 g/mol. The van der Waals surface area contributed by atoms with E-state index in [2.05, 4.69) is 16.8 Å². The number of ketones is 1. The van der Waals surface area contributed by atoms with Crippen molar-refractivity contribution in [2.24, 2.45) is 17.8 Å². The van der Waals surface area contributed by atoms with Crippen LogP contribution >= 0.6 is 0 Å². The van der Waals surface area contributed by atoms with E-state index in [1.165, 1.54) is 19.3 Å². The molecule has 1 aromatic carbocycles. The van der Waals surface area contributed by atoms with Gasteiger partial charge >= 0.3 is 0 Å². The Morgan fingerprint density at radius 2 is 2.00 bits per heavy atom. The first-order valence-electron chi connectivity index (χ1n) is 12.5. The standard InChI is InChI=1S/C29H28N4O2/c1-17-22-12-11-21-26(29(22,2)15-24(30-3)25(17)34)32-27(33-28(21)35-16-18-7-6-8-18)20-13-14-31-23-10-5-4-9-19(20)23/h4-5,9-10,13-15,17-18,22H,6-8,11-12,16H2,1-2H3/t17-,22-,29-/m1/s1. The molecule has 3 aliphatic carbocycles. The first-order chi connectivity index (χ1) is 17.0. The predicted molar refractivity (Wildman–Crippen MR) is 134 cm³/mol. The van der Waals surface area contributed by atoms with Crippen LogP contribution in [0.15, 0.2) is 48.3 Å². The third kappa shape index (κ3) is 3.44. The number of fused-ring (bicyclic) bond motifs is 4. The molecule has 35 heavy (non-hydrogen) atoms. The number of hydrogen-bond donors (Lipinski definition) is 0. The summed E-state index contributed by atoms with van der Waals surface area (Å²) in [4.78, 5) is 31.1. The van der Waals surface area contributed by atoms with Gasteiger partial charge in [0.2, 0.25) is 11.6 Å². The fourth-order valence-corrected chi connectivity index (χ4v) is 6.10. The van der Waals surface area contributed by atoms with E-state index in [1.54, 1.807) is 6.20 Å². The average Bonchev–Trinajstić information content (AvgIpc) is 2.85. The van der Waals surface area contributed by atoms with Gasteiger partial charge in [-0.1, -0.05) is 44.5 Å². The maximum atomic E-state index is 12.8. The van der Waals surface area contributed by atoms with Crippen LogP contribution in [0.25, 0.3) is 27.1 Å². The molecule has 1 fully saturated rings. The number of allylic oxidation sites excluding steroid dienone is 2. The number of carbonyl (C=O) groups excluding carboxylic acids is 1. The fourth-order valence-electron chi connectivity index (χ4n) is 6.10. The molecule has 0 aliphatic heterocycles. The smallest absolute Gasteiger partial charge is 0.226 e. The van der Waals surface area contributed by atoms with Crippen LogP contribution in [0.1, 0.15) is 50.8 Å². The Bertz CT molecular complexity index is 1410. The van der Waals surface area contributed by atoms with Gasteiger partial charge in [0.15, 0.2) is 11.6 Å². The summed E-state index contributed by atoms with van der Waals surface area (Å²) in [6, 6.07) is 9.95. The van der Waals surface area contributed by atoms with Crippen molar-refractivity contribution in [1.82, 2.24) is 15.0 Å². The first-order valence-corrected chi connectivity index (χ1v) is 12.5. The third-order valence-corrected chi connectivity index (χ3v) is 8.35. The Kier molecular flexibility index (Phi) is 5.17. The number of pyridine rings is 1. The summed E-state index contributed by atoms with van der Waals surface area (Å²) >= 11 is 0. The van der Waals surface area contributed by atoms with E-state index >= 15 is 0 Å². The quantitative estimate of drug-likeness (QED) is 0.463. The van der Waals surface area contributed by atoms with Crippen LogP contribution in [-0.4, -0.2) is 27.3 Å². The molecular formula is C29H28N4O2. The SMILES string of the molecule is [C-]#[N+]C1=C[C@@]2(C)c3nc(-c4ccnc5ccccc45)nc(OCC4CCC4)c3CC[C@@H]2[C@@H](C)C1=O. The number of aromatic nitrogens is 3. The van der Waals surface area contributed by atoms with Gasteiger partial charge in [-0.3, -0.25) is 4.98 Å². The van der Waals surface area contributed by atoms with Crippen molar-refractivity contribution in [3.63, 3.8) is 0 Å². The van der Waals surface area contributed by atoms with Crippen LogP contribution < -0.4 is 4.74 Å². The van der Waals surface area contributed by atoms with Gasteiger partial charge in [0, 0.05) is 34.0 Å².